The van der Waals surface area contributed by atoms with Crippen molar-refractivity contribution in [1.82, 2.24) is 4.90 Å². The predicted octanol–water partition coefficient (Wildman–Crippen LogP) is 4.19. The minimum absolute atomic E-state index is 0.133. The lowest BCUT2D eigenvalue weighted by atomic mass is 9.64. The first-order chi connectivity index (χ1) is 15.9. The van der Waals surface area contributed by atoms with Crippen LogP contribution in [0.4, 0.5) is 0 Å². The van der Waals surface area contributed by atoms with Gasteiger partial charge in [0.1, 0.15) is 0 Å². The number of nitrogens with zero attached hydrogens (tertiary/aromatic N) is 1. The van der Waals surface area contributed by atoms with Gasteiger partial charge >= 0.3 is 5.97 Å². The number of hydrogen-bond acceptors (Lipinski definition) is 4. The molecule has 6 nitrogen and oxygen atoms in total. The number of carboxylic acid groups (broad SMARTS) is 1. The van der Waals surface area contributed by atoms with Gasteiger partial charge in [0.2, 0.25) is 5.91 Å². The van der Waals surface area contributed by atoms with Crippen LogP contribution in [-0.4, -0.2) is 52.2 Å². The quantitative estimate of drug-likeness (QED) is 0.549. The van der Waals surface area contributed by atoms with E-state index in [4.69, 9.17) is 5.73 Å². The third-order valence-electron chi connectivity index (χ3n) is 9.89. The topological polar surface area (TPSA) is 104 Å². The molecule has 0 aromatic heterocycles. The number of likely N-dealkylation sites (tertiary alicyclic amines) is 1. The first-order valence-corrected chi connectivity index (χ1v) is 13.9. The Labute approximate surface area is 199 Å². The highest BCUT2D eigenvalue weighted by molar-refractivity contribution is 5.80. The van der Waals surface area contributed by atoms with Crippen LogP contribution in [0.15, 0.2) is 0 Å². The Morgan fingerprint density at radius 2 is 1.45 bits per heavy atom. The Hall–Kier alpha value is -1.14. The van der Waals surface area contributed by atoms with Crippen LogP contribution < -0.4 is 5.73 Å². The third kappa shape index (κ3) is 5.42. The normalized spacial score (nSPS) is 34.5. The van der Waals surface area contributed by atoms with Gasteiger partial charge in [-0.25, -0.2) is 4.79 Å². The Bertz CT molecular complexity index is 671. The molecule has 3 aliphatic carbocycles. The van der Waals surface area contributed by atoms with Gasteiger partial charge in [-0.05, 0) is 93.9 Å². The van der Waals surface area contributed by atoms with E-state index in [1.54, 1.807) is 0 Å². The molecule has 1 aliphatic heterocycles. The number of rotatable bonds is 6. The summed E-state index contributed by atoms with van der Waals surface area (Å²) in [6.07, 6.45) is 14.9. The van der Waals surface area contributed by atoms with E-state index in [9.17, 15) is 19.8 Å². The second-order valence-electron chi connectivity index (χ2n) is 11.7. The van der Waals surface area contributed by atoms with Crippen LogP contribution in [0.5, 0.6) is 0 Å². The highest BCUT2D eigenvalue weighted by Crippen LogP contribution is 2.45. The van der Waals surface area contributed by atoms with E-state index >= 15 is 0 Å². The summed E-state index contributed by atoms with van der Waals surface area (Å²) >= 11 is 0. The van der Waals surface area contributed by atoms with E-state index in [-0.39, 0.29) is 23.7 Å². The van der Waals surface area contributed by atoms with Crippen molar-refractivity contribution in [2.75, 3.05) is 19.6 Å². The summed E-state index contributed by atoms with van der Waals surface area (Å²) in [4.78, 5) is 27.8. The van der Waals surface area contributed by atoms with Crippen molar-refractivity contribution in [1.29, 1.82) is 0 Å². The van der Waals surface area contributed by atoms with Gasteiger partial charge < -0.3 is 20.8 Å². The zero-order valence-electron chi connectivity index (χ0n) is 20.4. The molecule has 188 valence electrons. The van der Waals surface area contributed by atoms with Gasteiger partial charge in [0.15, 0.2) is 5.60 Å². The predicted molar refractivity (Wildman–Crippen MR) is 128 cm³/mol. The molecule has 6 heteroatoms. The summed E-state index contributed by atoms with van der Waals surface area (Å²) in [5, 5.41) is 21.5. The summed E-state index contributed by atoms with van der Waals surface area (Å²) in [7, 11) is 0. The van der Waals surface area contributed by atoms with Gasteiger partial charge in [0.05, 0.1) is 0 Å². The summed E-state index contributed by atoms with van der Waals surface area (Å²) in [5.41, 5.74) is 4.27. The second kappa shape index (κ2) is 11.1. The molecule has 5 atom stereocenters. The molecule has 4 N–H and O–H groups in total. The smallest absolute Gasteiger partial charge is 0.336 e. The summed E-state index contributed by atoms with van der Waals surface area (Å²) < 4.78 is 0. The van der Waals surface area contributed by atoms with Gasteiger partial charge in [-0.15, -0.1) is 0 Å². The average Bonchev–Trinajstić information content (AvgIpc) is 2.88. The first-order valence-electron chi connectivity index (χ1n) is 13.9. The largest absolute Gasteiger partial charge is 0.479 e. The third-order valence-corrected chi connectivity index (χ3v) is 9.89. The van der Waals surface area contributed by atoms with E-state index in [2.05, 4.69) is 0 Å². The van der Waals surface area contributed by atoms with E-state index < -0.39 is 11.6 Å². The molecule has 4 aliphatic rings. The number of piperidine rings is 1. The minimum Gasteiger partial charge on any atom is -0.479 e. The Kier molecular flexibility index (Phi) is 8.37. The van der Waals surface area contributed by atoms with Crippen LogP contribution in [0.3, 0.4) is 0 Å². The molecule has 0 aromatic rings. The summed E-state index contributed by atoms with van der Waals surface area (Å²) in [6.45, 7) is 2.47. The van der Waals surface area contributed by atoms with Gasteiger partial charge in [-0.1, -0.05) is 38.5 Å². The molecule has 5 unspecified atom stereocenters. The molecule has 0 spiro atoms. The van der Waals surface area contributed by atoms with E-state index in [1.807, 2.05) is 4.90 Å². The molecule has 0 aromatic carbocycles. The maximum Gasteiger partial charge on any atom is 0.336 e. The fourth-order valence-corrected chi connectivity index (χ4v) is 7.86. The molecule has 3 saturated carbocycles. The molecule has 1 saturated heterocycles. The lowest BCUT2D eigenvalue weighted by Crippen LogP contribution is -2.55. The van der Waals surface area contributed by atoms with Crippen molar-refractivity contribution in [3.63, 3.8) is 0 Å². The second-order valence-corrected chi connectivity index (χ2v) is 11.7. The van der Waals surface area contributed by atoms with Crippen LogP contribution in [-0.2, 0) is 9.59 Å². The minimum atomic E-state index is -1.67. The monoisotopic (exact) mass is 462 g/mol. The Morgan fingerprint density at radius 3 is 2.12 bits per heavy atom. The molecule has 33 heavy (non-hydrogen) atoms. The van der Waals surface area contributed by atoms with Crippen LogP contribution >= 0.6 is 0 Å². The maximum atomic E-state index is 13.4. The number of hydrogen-bond donors (Lipinski definition) is 3. The number of aliphatic hydroxyl groups is 1. The van der Waals surface area contributed by atoms with Crippen molar-refractivity contribution in [3.05, 3.63) is 0 Å². The fourth-order valence-electron chi connectivity index (χ4n) is 7.86. The van der Waals surface area contributed by atoms with Gasteiger partial charge in [0, 0.05) is 19.0 Å². The van der Waals surface area contributed by atoms with Gasteiger partial charge in [-0.3, -0.25) is 4.79 Å². The number of carbonyl (C=O) groups is 2. The number of amides is 1. The molecular formula is C27H46N2O4. The zero-order chi connectivity index (χ0) is 23.4. The van der Waals surface area contributed by atoms with Crippen LogP contribution in [0.2, 0.25) is 0 Å². The van der Waals surface area contributed by atoms with Crippen LogP contribution in [0, 0.1) is 35.5 Å². The Balaban J connectivity index is 1.33. The molecule has 0 bridgehead atoms. The van der Waals surface area contributed by atoms with Crippen LogP contribution in [0.25, 0.3) is 0 Å². The molecular weight excluding hydrogens is 416 g/mol. The average molecular weight is 463 g/mol. The SMILES string of the molecule is NCC1CCCC(C2CCN(C(=O)C3CCCC(C(O)(C(=O)O)C4CCCCC4)C3)CC2)C1. The lowest BCUT2D eigenvalue weighted by molar-refractivity contribution is -0.180. The highest BCUT2D eigenvalue weighted by Gasteiger charge is 2.52. The van der Waals surface area contributed by atoms with Crippen molar-refractivity contribution in [2.45, 2.75) is 102 Å². The summed E-state index contributed by atoms with van der Waals surface area (Å²) in [6, 6.07) is 0. The highest BCUT2D eigenvalue weighted by atomic mass is 16.4. The van der Waals surface area contributed by atoms with E-state index in [0.29, 0.717) is 18.3 Å². The summed E-state index contributed by atoms with van der Waals surface area (Å²) in [5.74, 6) is 0.677. The maximum absolute atomic E-state index is 13.4. The molecule has 4 fully saturated rings. The van der Waals surface area contributed by atoms with Gasteiger partial charge in [-0.2, -0.15) is 0 Å². The Morgan fingerprint density at radius 1 is 0.788 bits per heavy atom. The zero-order valence-corrected chi connectivity index (χ0v) is 20.4. The fraction of sp³-hybridized carbons (Fsp3) is 0.926. The molecule has 4 rings (SSSR count). The molecule has 1 amide bonds. The van der Waals surface area contributed by atoms with Crippen molar-refractivity contribution in [3.8, 4) is 0 Å². The number of aliphatic carboxylic acids is 1. The molecule has 0 radical (unpaired) electrons. The lowest BCUT2D eigenvalue weighted by Gasteiger charge is -2.45. The van der Waals surface area contributed by atoms with Gasteiger partial charge in [0.25, 0.3) is 0 Å². The number of carboxylic acids is 1. The van der Waals surface area contributed by atoms with Crippen molar-refractivity contribution in [2.24, 2.45) is 41.2 Å². The first kappa shape index (κ1) is 25.0. The number of carbonyl (C=O) groups excluding carboxylic acids is 1. The van der Waals surface area contributed by atoms with Crippen molar-refractivity contribution >= 4 is 11.9 Å². The number of nitrogens with two attached hydrogens (primary N) is 1. The van der Waals surface area contributed by atoms with E-state index in [1.165, 1.54) is 25.7 Å². The molecule has 1 heterocycles. The van der Waals surface area contributed by atoms with Crippen LogP contribution in [0.1, 0.15) is 96.3 Å². The standard InChI is InChI=1S/C27H46N2O4/c28-18-19-6-4-7-21(16-19)20-12-14-29(15-13-20)25(30)22-8-5-11-24(17-22)27(33,26(31)32)23-9-2-1-3-10-23/h19-24,33H,1-18,28H2,(H,31,32). The van der Waals surface area contributed by atoms with Crippen molar-refractivity contribution < 1.29 is 19.8 Å². The van der Waals surface area contributed by atoms with E-state index in [0.717, 1.165) is 89.8 Å².